The fourth-order valence-electron chi connectivity index (χ4n) is 3.03. The molecule has 1 unspecified atom stereocenters. The summed E-state index contributed by atoms with van der Waals surface area (Å²) >= 11 is 5.44. The molecule has 0 aliphatic carbocycles. The number of hydrogen-bond donors (Lipinski definition) is 1. The van der Waals surface area contributed by atoms with E-state index in [0.29, 0.717) is 16.4 Å². The van der Waals surface area contributed by atoms with E-state index >= 15 is 0 Å². The van der Waals surface area contributed by atoms with Crippen molar-refractivity contribution in [1.82, 2.24) is 9.55 Å². The Morgan fingerprint density at radius 3 is 2.90 bits per heavy atom. The quantitative estimate of drug-likeness (QED) is 0.796. The first-order valence-electron chi connectivity index (χ1n) is 6.92. The fraction of sp³-hybridized carbons (Fsp3) is 0.533. The van der Waals surface area contributed by atoms with Crippen LogP contribution in [0.1, 0.15) is 38.3 Å². The Morgan fingerprint density at radius 2 is 2.20 bits per heavy atom. The standard InChI is InChI=1S/C15H19FN2OS/c1-9-6-13-12(7-11(9)16)17-14(20)18(13)10-4-5-19-15(2,3)8-10/h6-7,10H,4-5,8H2,1-3H3,(H,17,20). The summed E-state index contributed by atoms with van der Waals surface area (Å²) in [7, 11) is 0. The van der Waals surface area contributed by atoms with Crippen molar-refractivity contribution in [3.63, 3.8) is 0 Å². The van der Waals surface area contributed by atoms with Crippen LogP contribution in [-0.2, 0) is 4.74 Å². The van der Waals surface area contributed by atoms with Gasteiger partial charge in [0.25, 0.3) is 0 Å². The van der Waals surface area contributed by atoms with E-state index in [2.05, 4.69) is 23.4 Å². The molecule has 1 fully saturated rings. The molecule has 1 aromatic carbocycles. The number of aromatic nitrogens is 2. The van der Waals surface area contributed by atoms with Crippen LogP contribution in [0.4, 0.5) is 4.39 Å². The molecule has 2 aromatic rings. The van der Waals surface area contributed by atoms with Gasteiger partial charge in [-0.1, -0.05) is 0 Å². The van der Waals surface area contributed by atoms with Crippen molar-refractivity contribution in [2.75, 3.05) is 6.61 Å². The molecule has 20 heavy (non-hydrogen) atoms. The van der Waals surface area contributed by atoms with E-state index in [1.807, 2.05) is 6.07 Å². The van der Waals surface area contributed by atoms with Gasteiger partial charge in [0.15, 0.2) is 4.77 Å². The van der Waals surface area contributed by atoms with Gasteiger partial charge in [0.2, 0.25) is 0 Å². The number of ether oxygens (including phenoxy) is 1. The van der Waals surface area contributed by atoms with E-state index in [4.69, 9.17) is 17.0 Å². The molecule has 0 spiro atoms. The normalized spacial score (nSPS) is 22.3. The van der Waals surface area contributed by atoms with Gasteiger partial charge in [-0.3, -0.25) is 0 Å². The Morgan fingerprint density at radius 1 is 1.45 bits per heavy atom. The van der Waals surface area contributed by atoms with E-state index < -0.39 is 0 Å². The number of imidazole rings is 1. The molecule has 108 valence electrons. The topological polar surface area (TPSA) is 29.9 Å². The Kier molecular flexibility index (Phi) is 3.21. The molecule has 3 rings (SSSR count). The minimum Gasteiger partial charge on any atom is -0.375 e. The van der Waals surface area contributed by atoms with Crippen LogP contribution in [-0.4, -0.2) is 21.8 Å². The van der Waals surface area contributed by atoms with Gasteiger partial charge in [0.05, 0.1) is 16.6 Å². The average molecular weight is 294 g/mol. The number of halogens is 1. The number of nitrogens with one attached hydrogen (secondary N) is 1. The second kappa shape index (κ2) is 4.67. The van der Waals surface area contributed by atoms with Crippen molar-refractivity contribution in [2.45, 2.75) is 45.3 Å². The van der Waals surface area contributed by atoms with Crippen molar-refractivity contribution in [2.24, 2.45) is 0 Å². The largest absolute Gasteiger partial charge is 0.375 e. The van der Waals surface area contributed by atoms with Gasteiger partial charge in [-0.2, -0.15) is 0 Å². The summed E-state index contributed by atoms with van der Waals surface area (Å²) < 4.78 is 22.2. The molecule has 0 bridgehead atoms. The Hall–Kier alpha value is -1.20. The van der Waals surface area contributed by atoms with Crippen molar-refractivity contribution >= 4 is 23.3 Å². The van der Waals surface area contributed by atoms with Crippen LogP contribution in [0.2, 0.25) is 0 Å². The lowest BCUT2D eigenvalue weighted by atomic mass is 9.93. The van der Waals surface area contributed by atoms with Crippen LogP contribution >= 0.6 is 12.2 Å². The molecule has 1 atom stereocenters. The zero-order valence-electron chi connectivity index (χ0n) is 12.0. The average Bonchev–Trinajstić information content (AvgIpc) is 2.64. The Bertz CT molecular complexity index is 716. The van der Waals surface area contributed by atoms with Crippen LogP contribution in [0, 0.1) is 17.5 Å². The third-order valence-electron chi connectivity index (χ3n) is 4.03. The molecule has 1 saturated heterocycles. The first-order valence-corrected chi connectivity index (χ1v) is 7.32. The fourth-order valence-corrected chi connectivity index (χ4v) is 3.39. The Labute approximate surface area is 122 Å². The van der Waals surface area contributed by atoms with Gasteiger partial charge in [0.1, 0.15) is 5.82 Å². The van der Waals surface area contributed by atoms with Crippen molar-refractivity contribution in [3.05, 3.63) is 28.3 Å². The molecule has 1 aromatic heterocycles. The van der Waals surface area contributed by atoms with Crippen LogP contribution in [0.25, 0.3) is 11.0 Å². The number of hydrogen-bond acceptors (Lipinski definition) is 2. The van der Waals surface area contributed by atoms with Gasteiger partial charge in [-0.05, 0) is 63.5 Å². The monoisotopic (exact) mass is 294 g/mol. The van der Waals surface area contributed by atoms with Crippen molar-refractivity contribution < 1.29 is 9.13 Å². The molecule has 1 aliphatic rings. The third kappa shape index (κ3) is 2.29. The van der Waals surface area contributed by atoms with Gasteiger partial charge in [0, 0.05) is 12.6 Å². The summed E-state index contributed by atoms with van der Waals surface area (Å²) in [5.74, 6) is -0.201. The molecular formula is C15H19FN2OS. The minimum absolute atomic E-state index is 0.143. The number of nitrogens with zero attached hydrogens (tertiary/aromatic N) is 1. The van der Waals surface area contributed by atoms with Crippen LogP contribution in [0.3, 0.4) is 0 Å². The molecule has 1 N–H and O–H groups in total. The zero-order valence-corrected chi connectivity index (χ0v) is 12.8. The maximum absolute atomic E-state index is 13.7. The van der Waals surface area contributed by atoms with Crippen LogP contribution < -0.4 is 0 Å². The summed E-state index contributed by atoms with van der Waals surface area (Å²) in [6, 6.07) is 3.70. The smallest absolute Gasteiger partial charge is 0.178 e. The zero-order chi connectivity index (χ0) is 14.5. The highest BCUT2D eigenvalue weighted by atomic mass is 32.1. The minimum atomic E-state index is -0.201. The number of rotatable bonds is 1. The maximum atomic E-state index is 13.7. The van der Waals surface area contributed by atoms with E-state index in [9.17, 15) is 4.39 Å². The molecule has 0 radical (unpaired) electrons. The van der Waals surface area contributed by atoms with Crippen molar-refractivity contribution in [1.29, 1.82) is 0 Å². The van der Waals surface area contributed by atoms with Gasteiger partial charge in [-0.15, -0.1) is 0 Å². The third-order valence-corrected chi connectivity index (χ3v) is 4.33. The Balaban J connectivity index is 2.13. The number of H-pyrrole nitrogens is 1. The SMILES string of the molecule is Cc1cc2c(cc1F)[nH]c(=S)n2C1CCOC(C)(C)C1. The van der Waals surface area contributed by atoms with Crippen LogP contribution in [0.15, 0.2) is 12.1 Å². The van der Waals surface area contributed by atoms with E-state index in [1.54, 1.807) is 6.92 Å². The van der Waals surface area contributed by atoms with Gasteiger partial charge >= 0.3 is 0 Å². The molecule has 5 heteroatoms. The number of aromatic amines is 1. The highest BCUT2D eigenvalue weighted by molar-refractivity contribution is 7.71. The van der Waals surface area contributed by atoms with E-state index in [0.717, 1.165) is 30.5 Å². The lowest BCUT2D eigenvalue weighted by Crippen LogP contribution is -2.35. The van der Waals surface area contributed by atoms with E-state index in [-0.39, 0.29) is 11.4 Å². The molecule has 2 heterocycles. The molecule has 1 aliphatic heterocycles. The maximum Gasteiger partial charge on any atom is 0.178 e. The highest BCUT2D eigenvalue weighted by Crippen LogP contribution is 2.34. The summed E-state index contributed by atoms with van der Waals surface area (Å²) in [6.45, 7) is 6.71. The summed E-state index contributed by atoms with van der Waals surface area (Å²) in [6.07, 6.45) is 1.84. The highest BCUT2D eigenvalue weighted by Gasteiger charge is 2.31. The van der Waals surface area contributed by atoms with Crippen LogP contribution in [0.5, 0.6) is 0 Å². The number of benzene rings is 1. The first-order chi connectivity index (χ1) is 9.37. The van der Waals surface area contributed by atoms with E-state index in [1.165, 1.54) is 6.07 Å². The number of fused-ring (bicyclic) bond motifs is 1. The summed E-state index contributed by atoms with van der Waals surface area (Å²) in [5, 5.41) is 0. The molecule has 0 saturated carbocycles. The number of aryl methyl sites for hydroxylation is 1. The second-order valence-electron chi connectivity index (χ2n) is 6.17. The lowest BCUT2D eigenvalue weighted by Gasteiger charge is -2.36. The molecule has 3 nitrogen and oxygen atoms in total. The predicted octanol–water partition coefficient (Wildman–Crippen LogP) is 4.28. The van der Waals surface area contributed by atoms with Gasteiger partial charge in [-0.25, -0.2) is 4.39 Å². The summed E-state index contributed by atoms with van der Waals surface area (Å²) in [4.78, 5) is 3.12. The summed E-state index contributed by atoms with van der Waals surface area (Å²) in [5.41, 5.74) is 2.25. The lowest BCUT2D eigenvalue weighted by molar-refractivity contribution is -0.0687. The van der Waals surface area contributed by atoms with Crippen molar-refractivity contribution in [3.8, 4) is 0 Å². The predicted molar refractivity (Wildman–Crippen MR) is 80.1 cm³/mol. The molecule has 0 amide bonds. The second-order valence-corrected chi connectivity index (χ2v) is 6.56. The molecular weight excluding hydrogens is 275 g/mol. The first kappa shape index (κ1) is 13.8. The van der Waals surface area contributed by atoms with Gasteiger partial charge < -0.3 is 14.3 Å².